The van der Waals surface area contributed by atoms with Crippen LogP contribution in [0.2, 0.25) is 0 Å². The number of benzene rings is 1. The number of hydrogen-bond acceptors (Lipinski definition) is 3. The van der Waals surface area contributed by atoms with E-state index in [4.69, 9.17) is 5.11 Å². The Labute approximate surface area is 114 Å². The second-order valence-corrected chi connectivity index (χ2v) is 5.83. The number of rotatable bonds is 6. The van der Waals surface area contributed by atoms with Crippen molar-refractivity contribution in [3.8, 4) is 0 Å². The quantitative estimate of drug-likeness (QED) is 0.788. The molecule has 1 fully saturated rings. The van der Waals surface area contributed by atoms with E-state index in [1.807, 2.05) is 0 Å². The molecule has 1 aromatic rings. The molecule has 19 heavy (non-hydrogen) atoms. The summed E-state index contributed by atoms with van der Waals surface area (Å²) in [6.45, 7) is -0.0327. The number of carbonyl (C=O) groups is 1. The highest BCUT2D eigenvalue weighted by molar-refractivity contribution is 7.99. The predicted molar refractivity (Wildman–Crippen MR) is 68.9 cm³/mol. The zero-order chi connectivity index (χ0) is 13.9. The van der Waals surface area contributed by atoms with Crippen molar-refractivity contribution in [3.05, 3.63) is 29.8 Å². The van der Waals surface area contributed by atoms with Gasteiger partial charge in [0.15, 0.2) is 11.6 Å². The largest absolute Gasteiger partial charge is 0.394 e. The Kier molecular flexibility index (Phi) is 4.42. The van der Waals surface area contributed by atoms with Crippen molar-refractivity contribution in [2.75, 3.05) is 12.4 Å². The van der Waals surface area contributed by atoms with Crippen molar-refractivity contribution in [3.63, 3.8) is 0 Å². The summed E-state index contributed by atoms with van der Waals surface area (Å²) >= 11 is 1.30. The number of carbonyl (C=O) groups excluding carboxylic acids is 1. The number of nitrogens with one attached hydrogen (secondary N) is 1. The fourth-order valence-corrected chi connectivity index (χ4v) is 2.53. The zero-order valence-corrected chi connectivity index (χ0v) is 11.1. The molecule has 0 radical (unpaired) electrons. The molecule has 0 bridgehead atoms. The van der Waals surface area contributed by atoms with E-state index < -0.39 is 17.2 Å². The Morgan fingerprint density at radius 2 is 2.11 bits per heavy atom. The van der Waals surface area contributed by atoms with E-state index in [1.165, 1.54) is 17.8 Å². The molecule has 1 saturated carbocycles. The molecule has 2 N–H and O–H groups in total. The molecule has 0 heterocycles. The molecule has 1 aliphatic carbocycles. The van der Waals surface area contributed by atoms with Crippen LogP contribution in [0.25, 0.3) is 0 Å². The van der Waals surface area contributed by atoms with Gasteiger partial charge >= 0.3 is 0 Å². The van der Waals surface area contributed by atoms with Crippen molar-refractivity contribution < 1.29 is 18.7 Å². The fourth-order valence-electron chi connectivity index (χ4n) is 1.66. The molecule has 3 nitrogen and oxygen atoms in total. The zero-order valence-electron chi connectivity index (χ0n) is 10.3. The molecular formula is C13H15F2NO2S. The summed E-state index contributed by atoms with van der Waals surface area (Å²) in [4.78, 5) is 12.2. The molecule has 1 aliphatic rings. The third kappa shape index (κ3) is 3.91. The molecule has 104 valence electrons. The number of amides is 1. The summed E-state index contributed by atoms with van der Waals surface area (Å²) in [5.74, 6) is -1.40. The first-order valence-corrected chi connectivity index (χ1v) is 7.03. The van der Waals surface area contributed by atoms with Gasteiger partial charge in [-0.2, -0.15) is 0 Å². The summed E-state index contributed by atoms with van der Waals surface area (Å²) in [6.07, 6.45) is 1.91. The minimum atomic E-state index is -0.883. The van der Waals surface area contributed by atoms with Crippen molar-refractivity contribution >= 4 is 17.7 Å². The van der Waals surface area contributed by atoms with Crippen LogP contribution in [0.1, 0.15) is 19.3 Å². The highest BCUT2D eigenvalue weighted by Gasteiger charge is 2.43. The second-order valence-electron chi connectivity index (χ2n) is 4.66. The van der Waals surface area contributed by atoms with Gasteiger partial charge in [0.1, 0.15) is 0 Å². The Hall–Kier alpha value is -1.14. The van der Waals surface area contributed by atoms with E-state index in [2.05, 4.69) is 5.32 Å². The maximum atomic E-state index is 12.9. The van der Waals surface area contributed by atoms with Gasteiger partial charge in [-0.05, 0) is 31.0 Å². The summed E-state index contributed by atoms with van der Waals surface area (Å²) < 4.78 is 25.7. The van der Waals surface area contributed by atoms with Gasteiger partial charge in [0.2, 0.25) is 5.91 Å². The van der Waals surface area contributed by atoms with Crippen LogP contribution < -0.4 is 5.32 Å². The summed E-state index contributed by atoms with van der Waals surface area (Å²) in [7, 11) is 0. The van der Waals surface area contributed by atoms with E-state index in [9.17, 15) is 13.6 Å². The predicted octanol–water partition coefficient (Wildman–Crippen LogP) is 2.09. The lowest BCUT2D eigenvalue weighted by Gasteiger charge is -2.13. The van der Waals surface area contributed by atoms with Crippen molar-refractivity contribution in [2.45, 2.75) is 29.7 Å². The number of aliphatic hydroxyl groups excluding tert-OH is 1. The molecule has 1 amide bonds. The van der Waals surface area contributed by atoms with E-state index in [-0.39, 0.29) is 18.9 Å². The first-order valence-electron chi connectivity index (χ1n) is 6.04. The highest BCUT2D eigenvalue weighted by Crippen LogP contribution is 2.34. The molecule has 0 spiro atoms. The van der Waals surface area contributed by atoms with Crippen molar-refractivity contribution in [1.82, 2.24) is 5.32 Å². The van der Waals surface area contributed by atoms with E-state index in [1.54, 1.807) is 0 Å². The van der Waals surface area contributed by atoms with Crippen molar-refractivity contribution in [2.24, 2.45) is 0 Å². The third-order valence-corrected chi connectivity index (χ3v) is 4.05. The average molecular weight is 287 g/mol. The van der Waals surface area contributed by atoms with Crippen LogP contribution in [-0.2, 0) is 4.79 Å². The van der Waals surface area contributed by atoms with Crippen LogP contribution in [0.15, 0.2) is 23.1 Å². The van der Waals surface area contributed by atoms with Crippen LogP contribution in [0.5, 0.6) is 0 Å². The van der Waals surface area contributed by atoms with Gasteiger partial charge in [0.05, 0.1) is 12.1 Å². The van der Waals surface area contributed by atoms with Gasteiger partial charge in [0.25, 0.3) is 0 Å². The molecule has 0 atom stereocenters. The third-order valence-electron chi connectivity index (χ3n) is 3.05. The number of hydrogen-bond donors (Lipinski definition) is 2. The van der Waals surface area contributed by atoms with Crippen molar-refractivity contribution in [1.29, 1.82) is 0 Å². The van der Waals surface area contributed by atoms with Crippen LogP contribution in [0, 0.1) is 11.6 Å². The lowest BCUT2D eigenvalue weighted by atomic mass is 10.3. The Balaban J connectivity index is 1.74. The Morgan fingerprint density at radius 3 is 2.68 bits per heavy atom. The fraction of sp³-hybridized carbons (Fsp3) is 0.462. The second kappa shape index (κ2) is 5.88. The number of halogens is 2. The maximum absolute atomic E-state index is 12.9. The van der Waals surface area contributed by atoms with Crippen LogP contribution in [0.3, 0.4) is 0 Å². The van der Waals surface area contributed by atoms with Gasteiger partial charge in [0, 0.05) is 17.1 Å². The topological polar surface area (TPSA) is 49.3 Å². The summed E-state index contributed by atoms with van der Waals surface area (Å²) in [5.41, 5.74) is -0.399. The Morgan fingerprint density at radius 1 is 1.37 bits per heavy atom. The SMILES string of the molecule is O=C(CCSc1ccc(F)c(F)c1)NC1(CO)CC1. The molecule has 0 aromatic heterocycles. The Bertz CT molecular complexity index is 478. The van der Waals surface area contributed by atoms with Gasteiger partial charge in [-0.25, -0.2) is 8.78 Å². The van der Waals surface area contributed by atoms with E-state index in [0.29, 0.717) is 10.6 Å². The molecule has 0 aliphatic heterocycles. The monoisotopic (exact) mass is 287 g/mol. The maximum Gasteiger partial charge on any atom is 0.221 e. The summed E-state index contributed by atoms with van der Waals surface area (Å²) in [5, 5.41) is 11.9. The normalized spacial score (nSPS) is 16.2. The lowest BCUT2D eigenvalue weighted by Crippen LogP contribution is -2.39. The average Bonchev–Trinajstić information content (AvgIpc) is 3.14. The highest BCUT2D eigenvalue weighted by atomic mass is 32.2. The number of aliphatic hydroxyl groups is 1. The van der Waals surface area contributed by atoms with Gasteiger partial charge < -0.3 is 10.4 Å². The smallest absolute Gasteiger partial charge is 0.221 e. The van der Waals surface area contributed by atoms with Gasteiger partial charge in [-0.1, -0.05) is 0 Å². The van der Waals surface area contributed by atoms with Gasteiger partial charge in [-0.3, -0.25) is 4.79 Å². The minimum absolute atomic E-state index is 0.0327. The minimum Gasteiger partial charge on any atom is -0.394 e. The van der Waals surface area contributed by atoms with E-state index >= 15 is 0 Å². The molecule has 0 unspecified atom stereocenters. The number of thioether (sulfide) groups is 1. The molecule has 0 saturated heterocycles. The van der Waals surface area contributed by atoms with Crippen LogP contribution in [0.4, 0.5) is 8.78 Å². The summed E-state index contributed by atoms with van der Waals surface area (Å²) in [6, 6.07) is 3.67. The van der Waals surface area contributed by atoms with E-state index in [0.717, 1.165) is 25.0 Å². The van der Waals surface area contributed by atoms with Gasteiger partial charge in [-0.15, -0.1) is 11.8 Å². The molecule has 1 aromatic carbocycles. The molecule has 2 rings (SSSR count). The van der Waals surface area contributed by atoms with Crippen LogP contribution in [-0.4, -0.2) is 28.9 Å². The lowest BCUT2D eigenvalue weighted by molar-refractivity contribution is -0.122. The first-order chi connectivity index (χ1) is 9.04. The van der Waals surface area contributed by atoms with Crippen LogP contribution >= 0.6 is 11.8 Å². The molecular weight excluding hydrogens is 272 g/mol. The molecule has 6 heteroatoms. The standard InChI is InChI=1S/C13H15F2NO2S/c14-10-2-1-9(7-11(10)15)19-6-3-12(18)16-13(8-17)4-5-13/h1-2,7,17H,3-6,8H2,(H,16,18). The first kappa shape index (κ1) is 14.3.